The second-order valence-electron chi connectivity index (χ2n) is 9.20. The van der Waals surface area contributed by atoms with Gasteiger partial charge in [-0.2, -0.15) is 0 Å². The van der Waals surface area contributed by atoms with Gasteiger partial charge in [-0.05, 0) is 43.5 Å². The van der Waals surface area contributed by atoms with Crippen molar-refractivity contribution < 1.29 is 19.1 Å². The molecule has 4 unspecified atom stereocenters. The molecule has 7 heteroatoms. The van der Waals surface area contributed by atoms with Crippen molar-refractivity contribution in [3.8, 4) is 5.75 Å². The Hall–Kier alpha value is -3.61. The summed E-state index contributed by atoms with van der Waals surface area (Å²) in [6.07, 6.45) is 4.81. The molecule has 0 fully saturated rings. The largest absolute Gasteiger partial charge is 0.489 e. The van der Waals surface area contributed by atoms with Crippen LogP contribution in [0.2, 0.25) is 0 Å². The Balaban J connectivity index is 1.66. The lowest BCUT2D eigenvalue weighted by atomic mass is 10.0. The van der Waals surface area contributed by atoms with Gasteiger partial charge in [0.15, 0.2) is 0 Å². The van der Waals surface area contributed by atoms with Gasteiger partial charge in [-0.15, -0.1) is 0 Å². The summed E-state index contributed by atoms with van der Waals surface area (Å²) in [5.74, 6) is -0.509. The summed E-state index contributed by atoms with van der Waals surface area (Å²) in [6, 6.07) is 16.7. The van der Waals surface area contributed by atoms with Crippen molar-refractivity contribution in [2.75, 3.05) is 0 Å². The topological polar surface area (TPSA) is 102 Å². The van der Waals surface area contributed by atoms with Crippen LogP contribution >= 0.6 is 0 Å². The number of carbonyl (C=O) groups excluding carboxylic acids is 3. The van der Waals surface area contributed by atoms with Gasteiger partial charge in [0.05, 0.1) is 0 Å². The van der Waals surface area contributed by atoms with Crippen LogP contribution in [0.1, 0.15) is 44.7 Å². The molecule has 0 spiro atoms. The number of hydrogen-bond acceptors (Lipinski definition) is 4. The Morgan fingerprint density at radius 2 is 1.60 bits per heavy atom. The van der Waals surface area contributed by atoms with Gasteiger partial charge in [0, 0.05) is 30.8 Å². The zero-order valence-corrected chi connectivity index (χ0v) is 20.6. The Bertz CT molecular complexity index is 1020. The van der Waals surface area contributed by atoms with Gasteiger partial charge in [-0.25, -0.2) is 0 Å². The van der Waals surface area contributed by atoms with E-state index in [4.69, 9.17) is 10.5 Å². The highest BCUT2D eigenvalue weighted by Crippen LogP contribution is 2.20. The molecule has 3 amide bonds. The molecule has 186 valence electrons. The Labute approximate surface area is 207 Å². The van der Waals surface area contributed by atoms with Crippen LogP contribution in [-0.4, -0.2) is 40.7 Å². The monoisotopic (exact) mass is 477 g/mol. The molecule has 0 aliphatic carbocycles. The molecule has 7 nitrogen and oxygen atoms in total. The average Bonchev–Trinajstić information content (AvgIpc) is 3.19. The molecular formula is C28H35N3O4. The summed E-state index contributed by atoms with van der Waals surface area (Å²) in [6.45, 7) is 6.09. The van der Waals surface area contributed by atoms with Crippen molar-refractivity contribution in [3.05, 3.63) is 77.9 Å². The summed E-state index contributed by atoms with van der Waals surface area (Å²) in [4.78, 5) is 39.2. The van der Waals surface area contributed by atoms with E-state index in [1.807, 2.05) is 80.6 Å². The minimum absolute atomic E-state index is 0.0412. The van der Waals surface area contributed by atoms with E-state index in [1.165, 1.54) is 0 Å². The lowest BCUT2D eigenvalue weighted by Gasteiger charge is -2.31. The number of hydrogen-bond donors (Lipinski definition) is 2. The first-order chi connectivity index (χ1) is 16.7. The quantitative estimate of drug-likeness (QED) is 0.485. The van der Waals surface area contributed by atoms with Crippen molar-refractivity contribution in [2.45, 2.75) is 64.8 Å². The zero-order valence-electron chi connectivity index (χ0n) is 20.6. The van der Waals surface area contributed by atoms with Crippen molar-refractivity contribution in [1.82, 2.24) is 10.2 Å². The molecule has 1 aliphatic rings. The van der Waals surface area contributed by atoms with Gasteiger partial charge in [-0.1, -0.05) is 61.5 Å². The number of rotatable bonds is 11. The third kappa shape index (κ3) is 7.44. The predicted octanol–water partition coefficient (Wildman–Crippen LogP) is 3.37. The number of nitrogens with zero attached hydrogens (tertiary/aromatic N) is 1. The fourth-order valence-electron chi connectivity index (χ4n) is 4.11. The van der Waals surface area contributed by atoms with E-state index in [9.17, 15) is 14.4 Å². The highest BCUT2D eigenvalue weighted by atomic mass is 16.5. The second-order valence-corrected chi connectivity index (χ2v) is 9.20. The SMILES string of the molecule is CC(CCC(=O)NC(Cc1ccc(OCc2ccccc2)cc1)C(=O)N1C(C)C=CC1C)C(N)=O. The first kappa shape index (κ1) is 26.0. The van der Waals surface area contributed by atoms with E-state index in [2.05, 4.69) is 5.32 Å². The van der Waals surface area contributed by atoms with E-state index in [0.29, 0.717) is 19.4 Å². The van der Waals surface area contributed by atoms with E-state index < -0.39 is 17.9 Å². The number of nitrogens with one attached hydrogen (secondary N) is 1. The summed E-state index contributed by atoms with van der Waals surface area (Å²) in [5, 5.41) is 2.90. The van der Waals surface area contributed by atoms with Gasteiger partial charge < -0.3 is 20.7 Å². The van der Waals surface area contributed by atoms with E-state index in [-0.39, 0.29) is 30.3 Å². The van der Waals surface area contributed by atoms with Crippen LogP contribution in [0.25, 0.3) is 0 Å². The van der Waals surface area contributed by atoms with Gasteiger partial charge in [0.2, 0.25) is 17.7 Å². The molecule has 0 radical (unpaired) electrons. The van der Waals surface area contributed by atoms with Crippen LogP contribution in [0, 0.1) is 5.92 Å². The molecule has 0 saturated heterocycles. The smallest absolute Gasteiger partial charge is 0.246 e. The summed E-state index contributed by atoms with van der Waals surface area (Å²) >= 11 is 0. The van der Waals surface area contributed by atoms with E-state index >= 15 is 0 Å². The molecule has 1 aliphatic heterocycles. The number of amides is 3. The number of ether oxygens (including phenoxy) is 1. The number of primary amides is 1. The lowest BCUT2D eigenvalue weighted by Crippen LogP contribution is -2.52. The molecule has 0 bridgehead atoms. The zero-order chi connectivity index (χ0) is 25.4. The van der Waals surface area contributed by atoms with Crippen molar-refractivity contribution in [2.24, 2.45) is 11.7 Å². The van der Waals surface area contributed by atoms with Gasteiger partial charge >= 0.3 is 0 Å². The average molecular weight is 478 g/mol. The first-order valence-corrected chi connectivity index (χ1v) is 12.1. The molecule has 0 aromatic heterocycles. The van der Waals surface area contributed by atoms with Gasteiger partial charge in [0.1, 0.15) is 18.4 Å². The van der Waals surface area contributed by atoms with Crippen molar-refractivity contribution in [3.63, 3.8) is 0 Å². The molecule has 3 rings (SSSR count). The van der Waals surface area contributed by atoms with Crippen molar-refractivity contribution >= 4 is 17.7 Å². The first-order valence-electron chi connectivity index (χ1n) is 12.1. The summed E-state index contributed by atoms with van der Waals surface area (Å²) in [5.41, 5.74) is 7.30. The summed E-state index contributed by atoms with van der Waals surface area (Å²) < 4.78 is 5.86. The van der Waals surface area contributed by atoms with Crippen LogP contribution < -0.4 is 15.8 Å². The van der Waals surface area contributed by atoms with Crippen LogP contribution in [0.4, 0.5) is 0 Å². The van der Waals surface area contributed by atoms with E-state index in [1.54, 1.807) is 11.8 Å². The highest BCUT2D eigenvalue weighted by Gasteiger charge is 2.33. The van der Waals surface area contributed by atoms with Gasteiger partial charge in [0.25, 0.3) is 0 Å². The summed E-state index contributed by atoms with van der Waals surface area (Å²) in [7, 11) is 0. The third-order valence-corrected chi connectivity index (χ3v) is 6.34. The molecule has 35 heavy (non-hydrogen) atoms. The highest BCUT2D eigenvalue weighted by molar-refractivity contribution is 5.89. The van der Waals surface area contributed by atoms with Crippen LogP contribution in [0.15, 0.2) is 66.7 Å². The number of carbonyl (C=O) groups is 3. The molecule has 0 saturated carbocycles. The lowest BCUT2D eigenvalue weighted by molar-refractivity contribution is -0.138. The maximum Gasteiger partial charge on any atom is 0.246 e. The van der Waals surface area contributed by atoms with Crippen LogP contribution in [-0.2, 0) is 27.4 Å². The fraction of sp³-hybridized carbons (Fsp3) is 0.393. The molecule has 3 N–H and O–H groups in total. The standard InChI is InChI=1S/C28H35N3O4/c1-19(27(29)33)9-16-26(32)30-25(28(34)31-20(2)10-11-21(31)3)17-22-12-14-24(15-13-22)35-18-23-7-5-4-6-8-23/h4-8,10-15,19-21,25H,9,16-18H2,1-3H3,(H2,29,33)(H,30,32). The Morgan fingerprint density at radius 3 is 2.20 bits per heavy atom. The molecule has 2 aromatic carbocycles. The van der Waals surface area contributed by atoms with Crippen molar-refractivity contribution in [1.29, 1.82) is 0 Å². The third-order valence-electron chi connectivity index (χ3n) is 6.34. The number of benzene rings is 2. The van der Waals surface area contributed by atoms with Crippen LogP contribution in [0.5, 0.6) is 5.75 Å². The Kier molecular flexibility index (Phi) is 9.06. The minimum Gasteiger partial charge on any atom is -0.489 e. The second kappa shape index (κ2) is 12.2. The van der Waals surface area contributed by atoms with Crippen LogP contribution in [0.3, 0.4) is 0 Å². The molecular weight excluding hydrogens is 442 g/mol. The Morgan fingerprint density at radius 1 is 0.971 bits per heavy atom. The molecule has 4 atom stereocenters. The minimum atomic E-state index is -0.715. The normalized spacial score (nSPS) is 18.7. The van der Waals surface area contributed by atoms with E-state index in [0.717, 1.165) is 16.9 Å². The maximum absolute atomic E-state index is 13.5. The predicted molar refractivity (Wildman–Crippen MR) is 135 cm³/mol. The molecule has 2 aromatic rings. The number of nitrogens with two attached hydrogens (primary N) is 1. The fourth-order valence-corrected chi connectivity index (χ4v) is 4.11. The molecule has 1 heterocycles. The van der Waals surface area contributed by atoms with Gasteiger partial charge in [-0.3, -0.25) is 14.4 Å². The maximum atomic E-state index is 13.5.